The first-order chi connectivity index (χ1) is 4.80. The van der Waals surface area contributed by atoms with Gasteiger partial charge in [-0.15, -0.1) is 0 Å². The third-order valence-electron chi connectivity index (χ3n) is 4.05. The Labute approximate surface area is 64.0 Å². The molecule has 2 aliphatic carbocycles. The third-order valence-corrected chi connectivity index (χ3v) is 4.05. The van der Waals surface area contributed by atoms with Gasteiger partial charge in [0.1, 0.15) is 0 Å². The molecule has 0 heterocycles. The van der Waals surface area contributed by atoms with Crippen LogP contribution >= 0.6 is 0 Å². The second-order valence-corrected chi connectivity index (χ2v) is 4.33. The Morgan fingerprint density at radius 3 is 1.60 bits per heavy atom. The maximum Gasteiger partial charge on any atom is -0.0355 e. The molecule has 0 spiro atoms. The molecule has 2 saturated carbocycles. The second-order valence-electron chi connectivity index (χ2n) is 4.33. The minimum absolute atomic E-state index is 1.05. The monoisotopic (exact) mass is 138 g/mol. The average molecular weight is 138 g/mol. The molecule has 0 N–H and O–H groups in total. The van der Waals surface area contributed by atoms with Crippen molar-refractivity contribution in [1.82, 2.24) is 0 Å². The van der Waals surface area contributed by atoms with Gasteiger partial charge in [0.2, 0.25) is 0 Å². The van der Waals surface area contributed by atoms with E-state index in [0.717, 1.165) is 23.7 Å². The molecule has 0 nitrogen and oxygen atoms in total. The van der Waals surface area contributed by atoms with Crippen LogP contribution in [0.5, 0.6) is 0 Å². The highest BCUT2D eigenvalue weighted by molar-refractivity contribution is 4.94. The summed E-state index contributed by atoms with van der Waals surface area (Å²) in [4.78, 5) is 0. The van der Waals surface area contributed by atoms with Gasteiger partial charge < -0.3 is 0 Å². The van der Waals surface area contributed by atoms with Crippen molar-refractivity contribution in [2.45, 2.75) is 39.5 Å². The van der Waals surface area contributed by atoms with Crippen molar-refractivity contribution in [2.24, 2.45) is 23.7 Å². The molecule has 0 saturated heterocycles. The molecule has 2 rings (SSSR count). The highest BCUT2D eigenvalue weighted by Crippen LogP contribution is 2.52. The van der Waals surface area contributed by atoms with Crippen LogP contribution < -0.4 is 0 Å². The van der Waals surface area contributed by atoms with E-state index >= 15 is 0 Å². The summed E-state index contributed by atoms with van der Waals surface area (Å²) in [6.45, 7) is 4.88. The summed E-state index contributed by atoms with van der Waals surface area (Å²) in [6, 6.07) is 0. The molecule has 2 unspecified atom stereocenters. The Balaban J connectivity index is 2.00. The van der Waals surface area contributed by atoms with E-state index in [4.69, 9.17) is 0 Å². The van der Waals surface area contributed by atoms with E-state index in [1.807, 2.05) is 0 Å². The molecule has 0 bridgehead atoms. The summed E-state index contributed by atoms with van der Waals surface area (Å²) in [5.41, 5.74) is 0. The van der Waals surface area contributed by atoms with E-state index in [2.05, 4.69) is 13.8 Å². The minimum Gasteiger partial charge on any atom is -0.0620 e. The molecule has 0 radical (unpaired) electrons. The average Bonchev–Trinajstić information content (AvgIpc) is 2.03. The maximum absolute atomic E-state index is 2.44. The van der Waals surface area contributed by atoms with Crippen molar-refractivity contribution in [3.8, 4) is 0 Å². The molecule has 0 aromatic rings. The van der Waals surface area contributed by atoms with Gasteiger partial charge in [0.15, 0.2) is 0 Å². The summed E-state index contributed by atoms with van der Waals surface area (Å²) in [5, 5.41) is 0. The zero-order chi connectivity index (χ0) is 7.14. The fraction of sp³-hybridized carbons (Fsp3) is 1.00. The second kappa shape index (κ2) is 2.25. The van der Waals surface area contributed by atoms with Gasteiger partial charge in [-0.3, -0.25) is 0 Å². The van der Waals surface area contributed by atoms with Gasteiger partial charge in [-0.25, -0.2) is 0 Å². The number of fused-ring (bicyclic) bond motifs is 1. The van der Waals surface area contributed by atoms with Crippen LogP contribution in [0.2, 0.25) is 0 Å². The van der Waals surface area contributed by atoms with Crippen LogP contribution in [0.3, 0.4) is 0 Å². The van der Waals surface area contributed by atoms with Crippen molar-refractivity contribution in [2.75, 3.05) is 0 Å². The van der Waals surface area contributed by atoms with Crippen LogP contribution in [0.4, 0.5) is 0 Å². The fourth-order valence-corrected chi connectivity index (χ4v) is 3.13. The standard InChI is InChI=1S/C10H18/c1-7-8(2)10-6-4-3-5-9(7)10/h7-10H,3-6H2,1-2H3/t7-,8-,9?,10?/m0/s1. The summed E-state index contributed by atoms with van der Waals surface area (Å²) < 4.78 is 0. The molecule has 2 aliphatic rings. The molecule has 0 amide bonds. The number of hydrogen-bond acceptors (Lipinski definition) is 0. The minimum atomic E-state index is 1.05. The van der Waals surface area contributed by atoms with Crippen molar-refractivity contribution in [3.63, 3.8) is 0 Å². The summed E-state index contributed by atoms with van der Waals surface area (Å²) in [7, 11) is 0. The Kier molecular flexibility index (Phi) is 1.51. The fourth-order valence-electron chi connectivity index (χ4n) is 3.13. The van der Waals surface area contributed by atoms with Crippen LogP contribution in [-0.2, 0) is 0 Å². The van der Waals surface area contributed by atoms with Crippen molar-refractivity contribution < 1.29 is 0 Å². The molecule has 2 fully saturated rings. The summed E-state index contributed by atoms with van der Waals surface area (Å²) >= 11 is 0. The first-order valence-electron chi connectivity index (χ1n) is 4.80. The topological polar surface area (TPSA) is 0 Å². The smallest absolute Gasteiger partial charge is 0.0355 e. The largest absolute Gasteiger partial charge is 0.0620 e. The number of hydrogen-bond donors (Lipinski definition) is 0. The van der Waals surface area contributed by atoms with Gasteiger partial charge >= 0.3 is 0 Å². The van der Waals surface area contributed by atoms with Crippen LogP contribution in [0.25, 0.3) is 0 Å². The van der Waals surface area contributed by atoms with E-state index in [0.29, 0.717) is 0 Å². The lowest BCUT2D eigenvalue weighted by atomic mass is 9.53. The van der Waals surface area contributed by atoms with Gasteiger partial charge in [0.05, 0.1) is 0 Å². The number of rotatable bonds is 0. The lowest BCUT2D eigenvalue weighted by Gasteiger charge is -2.52. The van der Waals surface area contributed by atoms with Gasteiger partial charge in [0.25, 0.3) is 0 Å². The molecular weight excluding hydrogens is 120 g/mol. The van der Waals surface area contributed by atoms with Crippen molar-refractivity contribution in [1.29, 1.82) is 0 Å². The zero-order valence-corrected chi connectivity index (χ0v) is 7.14. The van der Waals surface area contributed by atoms with Crippen molar-refractivity contribution in [3.05, 3.63) is 0 Å². The quantitative estimate of drug-likeness (QED) is 0.482. The van der Waals surface area contributed by atoms with Gasteiger partial charge in [-0.2, -0.15) is 0 Å². The molecule has 0 aliphatic heterocycles. The molecule has 0 heteroatoms. The van der Waals surface area contributed by atoms with Crippen LogP contribution in [0, 0.1) is 23.7 Å². The van der Waals surface area contributed by atoms with Gasteiger partial charge in [0, 0.05) is 0 Å². The van der Waals surface area contributed by atoms with E-state index in [9.17, 15) is 0 Å². The molecular formula is C10H18. The predicted molar refractivity (Wildman–Crippen MR) is 43.8 cm³/mol. The Bertz CT molecular complexity index is 112. The Hall–Kier alpha value is 0. The van der Waals surface area contributed by atoms with Gasteiger partial charge in [-0.05, 0) is 36.5 Å². The highest BCUT2D eigenvalue weighted by Gasteiger charge is 2.45. The van der Waals surface area contributed by atoms with E-state index in [-0.39, 0.29) is 0 Å². The molecule has 4 atom stereocenters. The molecule has 58 valence electrons. The first kappa shape index (κ1) is 6.69. The normalized spacial score (nSPS) is 53.4. The summed E-state index contributed by atoms with van der Waals surface area (Å²) in [5.74, 6) is 4.35. The summed E-state index contributed by atoms with van der Waals surface area (Å²) in [6.07, 6.45) is 6.10. The zero-order valence-electron chi connectivity index (χ0n) is 7.14. The third kappa shape index (κ3) is 0.741. The lowest BCUT2D eigenvalue weighted by Crippen LogP contribution is -2.45. The highest BCUT2D eigenvalue weighted by atomic mass is 14.5. The predicted octanol–water partition coefficient (Wildman–Crippen LogP) is 3.08. The van der Waals surface area contributed by atoms with Crippen molar-refractivity contribution >= 4 is 0 Å². The Morgan fingerprint density at radius 1 is 0.800 bits per heavy atom. The molecule has 0 aromatic carbocycles. The SMILES string of the molecule is C[C@@H]1C2CCCCC2[C@H]1C. The van der Waals surface area contributed by atoms with E-state index in [1.165, 1.54) is 25.7 Å². The Morgan fingerprint density at radius 2 is 1.20 bits per heavy atom. The lowest BCUT2D eigenvalue weighted by molar-refractivity contribution is -0.0305. The molecule has 0 aromatic heterocycles. The van der Waals surface area contributed by atoms with Crippen LogP contribution in [0.1, 0.15) is 39.5 Å². The maximum atomic E-state index is 2.44. The van der Waals surface area contributed by atoms with E-state index < -0.39 is 0 Å². The first-order valence-corrected chi connectivity index (χ1v) is 4.80. The van der Waals surface area contributed by atoms with E-state index in [1.54, 1.807) is 0 Å². The van der Waals surface area contributed by atoms with Crippen LogP contribution in [0.15, 0.2) is 0 Å². The van der Waals surface area contributed by atoms with Gasteiger partial charge in [-0.1, -0.05) is 26.7 Å². The molecule has 10 heavy (non-hydrogen) atoms. The van der Waals surface area contributed by atoms with Crippen LogP contribution in [-0.4, -0.2) is 0 Å².